The van der Waals surface area contributed by atoms with Crippen molar-refractivity contribution < 1.29 is 24.6 Å². The SMILES string of the molecule is CCN(CC)c1ccc(C2NC(C)(C(=O)O)C3C(=O)N(c4ccccc4)C(=O)C23)c(O)c1. The largest absolute Gasteiger partial charge is 0.508 e. The van der Waals surface area contributed by atoms with E-state index in [1.165, 1.54) is 6.92 Å². The number of para-hydroxylation sites is 1. The fraction of sp³-hybridized carbons (Fsp3) is 0.375. The Morgan fingerprint density at radius 2 is 1.75 bits per heavy atom. The van der Waals surface area contributed by atoms with Gasteiger partial charge >= 0.3 is 5.97 Å². The summed E-state index contributed by atoms with van der Waals surface area (Å²) in [5.74, 6) is -4.33. The molecule has 0 bridgehead atoms. The topological polar surface area (TPSA) is 110 Å². The summed E-state index contributed by atoms with van der Waals surface area (Å²) in [6, 6.07) is 12.8. The molecule has 2 aromatic carbocycles. The van der Waals surface area contributed by atoms with Gasteiger partial charge in [-0.05, 0) is 39.0 Å². The quantitative estimate of drug-likeness (QED) is 0.596. The van der Waals surface area contributed by atoms with Crippen LogP contribution in [0.4, 0.5) is 11.4 Å². The van der Waals surface area contributed by atoms with E-state index in [-0.39, 0.29) is 5.75 Å². The standard InChI is InChI=1S/C24H27N3O5/c1-4-26(5-2)15-11-12-16(17(28)13-15)20-18-19(24(3,25-20)23(31)32)22(30)27(21(18)29)14-9-7-6-8-10-14/h6-13,18-20,25,28H,4-5H2,1-3H3,(H,31,32). The van der Waals surface area contributed by atoms with Crippen LogP contribution in [0.15, 0.2) is 48.5 Å². The number of carboxylic acid groups (broad SMARTS) is 1. The second-order valence-corrected chi connectivity index (χ2v) is 8.40. The van der Waals surface area contributed by atoms with E-state index in [1.807, 2.05) is 19.9 Å². The van der Waals surface area contributed by atoms with E-state index in [1.54, 1.807) is 42.5 Å². The molecule has 8 heteroatoms. The summed E-state index contributed by atoms with van der Waals surface area (Å²) >= 11 is 0. The number of anilines is 2. The number of amides is 2. The van der Waals surface area contributed by atoms with Gasteiger partial charge in [-0.3, -0.25) is 19.7 Å². The van der Waals surface area contributed by atoms with E-state index in [4.69, 9.17) is 0 Å². The average Bonchev–Trinajstić information content (AvgIpc) is 3.23. The first-order valence-corrected chi connectivity index (χ1v) is 10.8. The lowest BCUT2D eigenvalue weighted by Crippen LogP contribution is -2.53. The normalized spacial score (nSPS) is 27.0. The summed E-state index contributed by atoms with van der Waals surface area (Å²) in [5, 5.41) is 23.8. The molecular formula is C24H27N3O5. The minimum atomic E-state index is -1.66. The monoisotopic (exact) mass is 437 g/mol. The van der Waals surface area contributed by atoms with Crippen LogP contribution in [0.5, 0.6) is 5.75 Å². The van der Waals surface area contributed by atoms with Crippen molar-refractivity contribution >= 4 is 29.2 Å². The Morgan fingerprint density at radius 3 is 2.31 bits per heavy atom. The molecular weight excluding hydrogens is 410 g/mol. The molecule has 2 fully saturated rings. The molecule has 32 heavy (non-hydrogen) atoms. The Bertz CT molecular complexity index is 1070. The van der Waals surface area contributed by atoms with E-state index in [0.29, 0.717) is 11.3 Å². The fourth-order valence-electron chi connectivity index (χ4n) is 5.01. The molecule has 0 spiro atoms. The number of aromatic hydroxyl groups is 1. The van der Waals surface area contributed by atoms with E-state index in [9.17, 15) is 24.6 Å². The summed E-state index contributed by atoms with van der Waals surface area (Å²) in [5.41, 5.74) is -0.0248. The molecule has 4 rings (SSSR count). The number of benzene rings is 2. The summed E-state index contributed by atoms with van der Waals surface area (Å²) in [7, 11) is 0. The zero-order valence-electron chi connectivity index (χ0n) is 18.3. The highest BCUT2D eigenvalue weighted by Gasteiger charge is 2.67. The molecule has 0 aliphatic carbocycles. The third-order valence-electron chi connectivity index (χ3n) is 6.72. The Hall–Kier alpha value is -3.39. The van der Waals surface area contributed by atoms with Crippen LogP contribution in [0.1, 0.15) is 32.4 Å². The van der Waals surface area contributed by atoms with Crippen molar-refractivity contribution in [3.63, 3.8) is 0 Å². The predicted octanol–water partition coefficient (Wildman–Crippen LogP) is 2.53. The van der Waals surface area contributed by atoms with Crippen LogP contribution in [-0.2, 0) is 14.4 Å². The number of aliphatic carboxylic acids is 1. The highest BCUT2D eigenvalue weighted by Crippen LogP contribution is 2.51. The highest BCUT2D eigenvalue weighted by atomic mass is 16.4. The van der Waals surface area contributed by atoms with Gasteiger partial charge in [0.05, 0.1) is 17.5 Å². The predicted molar refractivity (Wildman–Crippen MR) is 120 cm³/mol. The third kappa shape index (κ3) is 3.14. The van der Waals surface area contributed by atoms with Crippen molar-refractivity contribution in [2.45, 2.75) is 32.4 Å². The van der Waals surface area contributed by atoms with Crippen molar-refractivity contribution in [2.24, 2.45) is 11.8 Å². The zero-order valence-corrected chi connectivity index (χ0v) is 18.3. The van der Waals surface area contributed by atoms with Gasteiger partial charge in [-0.25, -0.2) is 4.90 Å². The Kier molecular flexibility index (Phi) is 5.42. The van der Waals surface area contributed by atoms with Gasteiger partial charge in [0.1, 0.15) is 11.3 Å². The molecule has 168 valence electrons. The summed E-state index contributed by atoms with van der Waals surface area (Å²) < 4.78 is 0. The number of rotatable bonds is 6. The zero-order chi connectivity index (χ0) is 23.2. The van der Waals surface area contributed by atoms with Crippen LogP contribution < -0.4 is 15.1 Å². The van der Waals surface area contributed by atoms with Gasteiger partial charge in [0.25, 0.3) is 0 Å². The lowest BCUT2D eigenvalue weighted by Gasteiger charge is -2.28. The number of hydrogen-bond donors (Lipinski definition) is 3. The minimum Gasteiger partial charge on any atom is -0.508 e. The molecule has 0 saturated carbocycles. The van der Waals surface area contributed by atoms with E-state index < -0.39 is 41.2 Å². The smallest absolute Gasteiger partial charge is 0.324 e. The van der Waals surface area contributed by atoms with Gasteiger partial charge in [-0.2, -0.15) is 0 Å². The maximum Gasteiger partial charge on any atom is 0.324 e. The summed E-state index contributed by atoms with van der Waals surface area (Å²) in [6.45, 7) is 6.97. The molecule has 2 saturated heterocycles. The van der Waals surface area contributed by atoms with E-state index >= 15 is 0 Å². The number of hydrogen-bond acceptors (Lipinski definition) is 6. The van der Waals surface area contributed by atoms with Gasteiger partial charge in [0, 0.05) is 36.4 Å². The number of carbonyl (C=O) groups is 3. The number of phenolic OH excluding ortho intramolecular Hbond substituents is 1. The molecule has 4 unspecified atom stereocenters. The van der Waals surface area contributed by atoms with Crippen LogP contribution in [0.25, 0.3) is 0 Å². The second-order valence-electron chi connectivity index (χ2n) is 8.40. The lowest BCUT2D eigenvalue weighted by molar-refractivity contribution is -0.147. The van der Waals surface area contributed by atoms with Crippen LogP contribution in [0.3, 0.4) is 0 Å². The van der Waals surface area contributed by atoms with E-state index in [2.05, 4.69) is 10.2 Å². The molecule has 3 N–H and O–H groups in total. The van der Waals surface area contributed by atoms with Crippen molar-refractivity contribution in [1.29, 1.82) is 0 Å². The van der Waals surface area contributed by atoms with Gasteiger partial charge in [0.2, 0.25) is 11.8 Å². The maximum absolute atomic E-state index is 13.5. The second kappa shape index (κ2) is 7.94. The third-order valence-corrected chi connectivity index (χ3v) is 6.72. The molecule has 0 radical (unpaired) electrons. The molecule has 4 atom stereocenters. The Balaban J connectivity index is 1.79. The fourth-order valence-corrected chi connectivity index (χ4v) is 5.01. The van der Waals surface area contributed by atoms with Gasteiger partial charge in [-0.15, -0.1) is 0 Å². The number of fused-ring (bicyclic) bond motifs is 1. The van der Waals surface area contributed by atoms with Gasteiger partial charge in [0.15, 0.2) is 0 Å². The van der Waals surface area contributed by atoms with Gasteiger partial charge < -0.3 is 15.1 Å². The van der Waals surface area contributed by atoms with Crippen LogP contribution in [0, 0.1) is 11.8 Å². The number of carbonyl (C=O) groups excluding carboxylic acids is 2. The molecule has 2 heterocycles. The van der Waals surface area contributed by atoms with Crippen molar-refractivity contribution in [3.05, 3.63) is 54.1 Å². The number of phenols is 1. The van der Waals surface area contributed by atoms with Crippen molar-refractivity contribution in [2.75, 3.05) is 22.9 Å². The van der Waals surface area contributed by atoms with Gasteiger partial charge in [-0.1, -0.05) is 24.3 Å². The molecule has 8 nitrogen and oxygen atoms in total. The molecule has 2 aliphatic rings. The molecule has 0 aromatic heterocycles. The van der Waals surface area contributed by atoms with Crippen LogP contribution in [-0.4, -0.2) is 46.6 Å². The summed E-state index contributed by atoms with van der Waals surface area (Å²) in [4.78, 5) is 42.2. The molecule has 2 aliphatic heterocycles. The van der Waals surface area contributed by atoms with Crippen molar-refractivity contribution in [3.8, 4) is 5.75 Å². The maximum atomic E-state index is 13.5. The number of carboxylic acids is 1. The molecule has 2 aromatic rings. The average molecular weight is 437 g/mol. The first-order valence-electron chi connectivity index (χ1n) is 10.8. The van der Waals surface area contributed by atoms with Crippen LogP contribution in [0.2, 0.25) is 0 Å². The Morgan fingerprint density at radius 1 is 1.09 bits per heavy atom. The first-order chi connectivity index (χ1) is 15.2. The molecule has 2 amide bonds. The van der Waals surface area contributed by atoms with Crippen LogP contribution >= 0.6 is 0 Å². The number of nitrogens with one attached hydrogen (secondary N) is 1. The number of imide groups is 1. The lowest BCUT2D eigenvalue weighted by atomic mass is 9.80. The Labute approximate surface area is 186 Å². The number of nitrogens with zero attached hydrogens (tertiary/aromatic N) is 2. The summed E-state index contributed by atoms with van der Waals surface area (Å²) in [6.07, 6.45) is 0. The van der Waals surface area contributed by atoms with E-state index in [0.717, 1.165) is 23.7 Å². The first kappa shape index (κ1) is 21.8. The highest BCUT2D eigenvalue weighted by molar-refractivity contribution is 6.24. The minimum absolute atomic E-state index is 0.0429. The van der Waals surface area contributed by atoms with Crippen molar-refractivity contribution in [1.82, 2.24) is 5.32 Å².